The molecule has 1 aromatic rings. The second kappa shape index (κ2) is 8.47. The van der Waals surface area contributed by atoms with Crippen LogP contribution in [0.4, 0.5) is 0 Å². The Morgan fingerprint density at radius 1 is 1.03 bits per heavy atom. The number of pyridine rings is 1. The molecule has 5 aliphatic rings. The zero-order chi connectivity index (χ0) is 23.2. The molecule has 7 nitrogen and oxygen atoms in total. The first-order valence-electron chi connectivity index (χ1n) is 12.1. The van der Waals surface area contributed by atoms with Crippen LogP contribution in [0.25, 0.3) is 0 Å². The molecule has 7 heteroatoms. The van der Waals surface area contributed by atoms with Gasteiger partial charge in [-0.05, 0) is 30.3 Å². The maximum atomic E-state index is 13.4. The molecule has 5 atom stereocenters. The van der Waals surface area contributed by atoms with Crippen LogP contribution in [0.5, 0.6) is 5.75 Å². The number of amides is 1. The molecule has 0 aromatic carbocycles. The fourth-order valence-electron chi connectivity index (χ4n) is 6.32. The van der Waals surface area contributed by atoms with E-state index in [1.807, 2.05) is 0 Å². The third-order valence-electron chi connectivity index (χ3n) is 7.90. The van der Waals surface area contributed by atoms with Gasteiger partial charge < -0.3 is 14.7 Å². The van der Waals surface area contributed by atoms with Gasteiger partial charge in [0.2, 0.25) is 5.43 Å². The minimum absolute atomic E-state index is 0.0242. The topological polar surface area (TPSA) is 75.0 Å². The SMILES string of the molecule is O=C1c2c(O)c(=O)ccn2N2CN1CCOC/C=C\C1=CC=CC3CCC4C=CC=CC4[C@@H]2C13. The summed E-state index contributed by atoms with van der Waals surface area (Å²) in [5.74, 6) is 0.327. The van der Waals surface area contributed by atoms with Gasteiger partial charge in [0.1, 0.15) is 6.67 Å². The first-order chi connectivity index (χ1) is 16.6. The number of nitrogens with zero attached hydrogens (tertiary/aromatic N) is 3. The van der Waals surface area contributed by atoms with Gasteiger partial charge in [-0.3, -0.25) is 19.3 Å². The van der Waals surface area contributed by atoms with Crippen molar-refractivity contribution in [1.82, 2.24) is 9.58 Å². The average Bonchev–Trinajstić information content (AvgIpc) is 3.01. The Hall–Kier alpha value is -3.32. The molecule has 0 radical (unpaired) electrons. The highest BCUT2D eigenvalue weighted by Crippen LogP contribution is 2.46. The molecule has 4 unspecified atom stereocenters. The standard InChI is InChI=1S/C27H29N3O4/c31-22-12-13-29-25(26(22)32)27(33)28-14-16-34-15-4-8-19-6-3-7-20-11-10-18-5-1-2-9-21(18)24(23(19)20)30(29)17-28/h1-9,12-13,18,20-21,23-24,32H,10-11,14-17H2/b8-4-/t18?,20?,21?,23?,24-/m1/s1. The van der Waals surface area contributed by atoms with Crippen molar-refractivity contribution in [3.8, 4) is 5.75 Å². The van der Waals surface area contributed by atoms with Crippen molar-refractivity contribution in [2.45, 2.75) is 18.9 Å². The second-order valence-corrected chi connectivity index (χ2v) is 9.67. The van der Waals surface area contributed by atoms with Gasteiger partial charge in [-0.1, -0.05) is 54.7 Å². The molecule has 6 rings (SSSR count). The summed E-state index contributed by atoms with van der Waals surface area (Å²) in [6.45, 7) is 1.61. The van der Waals surface area contributed by atoms with E-state index >= 15 is 0 Å². The molecule has 1 aromatic heterocycles. The van der Waals surface area contributed by atoms with Gasteiger partial charge in [-0.2, -0.15) is 0 Å². The van der Waals surface area contributed by atoms with Crippen LogP contribution in [-0.4, -0.2) is 53.1 Å². The number of hydrogen-bond donors (Lipinski definition) is 1. The third kappa shape index (κ3) is 3.38. The van der Waals surface area contributed by atoms with Gasteiger partial charge in [0.15, 0.2) is 11.4 Å². The Kier molecular flexibility index (Phi) is 5.29. The molecule has 1 fully saturated rings. The highest BCUT2D eigenvalue weighted by molar-refractivity contribution is 5.96. The number of allylic oxidation sites excluding steroid dienone is 7. The van der Waals surface area contributed by atoms with E-state index < -0.39 is 11.2 Å². The lowest BCUT2D eigenvalue weighted by Crippen LogP contribution is -2.62. The number of aromatic nitrogens is 1. The third-order valence-corrected chi connectivity index (χ3v) is 7.90. The summed E-state index contributed by atoms with van der Waals surface area (Å²) in [5.41, 5.74) is 0.747. The number of carbonyl (C=O) groups excluding carboxylic acids is 1. The Morgan fingerprint density at radius 2 is 1.85 bits per heavy atom. The highest BCUT2D eigenvalue weighted by Gasteiger charge is 2.47. The van der Waals surface area contributed by atoms with Crippen LogP contribution in [0.1, 0.15) is 23.3 Å². The Bertz CT molecular complexity index is 1210. The lowest BCUT2D eigenvalue weighted by atomic mass is 9.72. The molecule has 1 saturated carbocycles. The molecule has 0 spiro atoms. The van der Waals surface area contributed by atoms with Crippen molar-refractivity contribution >= 4 is 5.91 Å². The van der Waals surface area contributed by atoms with Crippen LogP contribution in [0.15, 0.2) is 77.3 Å². The average molecular weight is 460 g/mol. The number of hydrogen-bond acceptors (Lipinski definition) is 5. The van der Waals surface area contributed by atoms with E-state index in [-0.39, 0.29) is 29.5 Å². The van der Waals surface area contributed by atoms with E-state index in [1.54, 1.807) is 15.8 Å². The summed E-state index contributed by atoms with van der Waals surface area (Å²) < 4.78 is 7.51. The predicted molar refractivity (Wildman–Crippen MR) is 129 cm³/mol. The monoisotopic (exact) mass is 459 g/mol. The van der Waals surface area contributed by atoms with Crippen LogP contribution in [-0.2, 0) is 4.74 Å². The Balaban J connectivity index is 1.58. The van der Waals surface area contributed by atoms with E-state index in [0.29, 0.717) is 38.3 Å². The van der Waals surface area contributed by atoms with Gasteiger partial charge in [-0.25, -0.2) is 0 Å². The van der Waals surface area contributed by atoms with Crippen LogP contribution in [0.3, 0.4) is 0 Å². The lowest BCUT2D eigenvalue weighted by Gasteiger charge is -2.50. The fourth-order valence-corrected chi connectivity index (χ4v) is 6.32. The predicted octanol–water partition coefficient (Wildman–Crippen LogP) is 2.74. The van der Waals surface area contributed by atoms with Gasteiger partial charge in [0, 0.05) is 30.6 Å². The van der Waals surface area contributed by atoms with Crippen LogP contribution < -0.4 is 10.4 Å². The van der Waals surface area contributed by atoms with E-state index in [2.05, 4.69) is 59.7 Å². The Labute approximate surface area is 198 Å². The molecular formula is C27H29N3O4. The number of rotatable bonds is 0. The summed E-state index contributed by atoms with van der Waals surface area (Å²) in [5, 5.41) is 12.9. The number of aromatic hydroxyl groups is 1. The Morgan fingerprint density at radius 3 is 2.76 bits per heavy atom. The zero-order valence-electron chi connectivity index (χ0n) is 19.0. The molecule has 1 N–H and O–H groups in total. The largest absolute Gasteiger partial charge is 0.502 e. The van der Waals surface area contributed by atoms with Crippen molar-refractivity contribution in [2.75, 3.05) is 31.4 Å². The fraction of sp³-hybridized carbons (Fsp3) is 0.407. The molecule has 1 amide bonds. The molecule has 34 heavy (non-hydrogen) atoms. The van der Waals surface area contributed by atoms with Crippen molar-refractivity contribution < 1.29 is 14.6 Å². The quantitative estimate of drug-likeness (QED) is 0.646. The summed E-state index contributed by atoms with van der Waals surface area (Å²) >= 11 is 0. The van der Waals surface area contributed by atoms with Crippen molar-refractivity contribution in [2.24, 2.45) is 23.7 Å². The molecule has 176 valence electrons. The number of fused-ring (bicyclic) bond motifs is 7. The van der Waals surface area contributed by atoms with E-state index in [4.69, 9.17) is 4.74 Å². The van der Waals surface area contributed by atoms with Crippen LogP contribution in [0, 0.1) is 23.7 Å². The smallest absolute Gasteiger partial charge is 0.277 e. The lowest BCUT2D eigenvalue weighted by molar-refractivity contribution is 0.0560. The van der Waals surface area contributed by atoms with Crippen LogP contribution in [0.2, 0.25) is 0 Å². The first-order valence-corrected chi connectivity index (χ1v) is 12.1. The highest BCUT2D eigenvalue weighted by atomic mass is 16.5. The minimum atomic E-state index is -0.542. The van der Waals surface area contributed by atoms with Gasteiger partial charge in [0.05, 0.1) is 19.3 Å². The summed E-state index contributed by atoms with van der Waals surface area (Å²) in [6, 6.07) is 1.37. The van der Waals surface area contributed by atoms with E-state index in [1.165, 1.54) is 11.6 Å². The molecule has 2 bridgehead atoms. The summed E-state index contributed by atoms with van der Waals surface area (Å²) in [4.78, 5) is 27.4. The summed E-state index contributed by atoms with van der Waals surface area (Å²) in [7, 11) is 0. The van der Waals surface area contributed by atoms with Gasteiger partial charge in [0.25, 0.3) is 5.91 Å². The second-order valence-electron chi connectivity index (χ2n) is 9.67. The molecule has 0 saturated heterocycles. The van der Waals surface area contributed by atoms with E-state index in [9.17, 15) is 14.7 Å². The number of carbonyl (C=O) groups is 1. The van der Waals surface area contributed by atoms with Crippen molar-refractivity contribution in [3.63, 3.8) is 0 Å². The minimum Gasteiger partial charge on any atom is -0.502 e. The maximum absolute atomic E-state index is 13.4. The van der Waals surface area contributed by atoms with Crippen molar-refractivity contribution in [1.29, 1.82) is 0 Å². The van der Waals surface area contributed by atoms with Gasteiger partial charge in [-0.15, -0.1) is 0 Å². The molecule has 2 aliphatic heterocycles. The van der Waals surface area contributed by atoms with Crippen LogP contribution >= 0.6 is 0 Å². The maximum Gasteiger partial charge on any atom is 0.277 e. The normalized spacial score (nSPS) is 33.0. The van der Waals surface area contributed by atoms with Gasteiger partial charge >= 0.3 is 0 Å². The number of ether oxygens (including phenoxy) is 1. The molecular weight excluding hydrogens is 430 g/mol. The first kappa shape index (κ1) is 21.2. The molecule has 3 heterocycles. The summed E-state index contributed by atoms with van der Waals surface area (Å²) in [6.07, 6.45) is 23.6. The zero-order valence-corrected chi connectivity index (χ0v) is 19.0. The van der Waals surface area contributed by atoms with Crippen molar-refractivity contribution in [3.05, 3.63) is 88.4 Å². The molecule has 3 aliphatic carbocycles. The van der Waals surface area contributed by atoms with E-state index in [0.717, 1.165) is 12.8 Å².